The molecule has 0 unspecified atom stereocenters. The smallest absolute Gasteiger partial charge is 0.0707 e. The summed E-state index contributed by atoms with van der Waals surface area (Å²) in [7, 11) is 0. The van der Waals surface area contributed by atoms with E-state index in [-0.39, 0.29) is 11.7 Å². The van der Waals surface area contributed by atoms with Gasteiger partial charge < -0.3 is 4.74 Å². The summed E-state index contributed by atoms with van der Waals surface area (Å²) in [6, 6.07) is 10.5. The van der Waals surface area contributed by atoms with Crippen molar-refractivity contribution < 1.29 is 4.74 Å². The average molecular weight is 270 g/mol. The third kappa shape index (κ3) is 4.08. The maximum absolute atomic E-state index is 6.28. The zero-order valence-corrected chi connectivity index (χ0v) is 12.9. The topological polar surface area (TPSA) is 9.23 Å². The number of hydrogen-bond acceptors (Lipinski definition) is 1. The highest BCUT2D eigenvalue weighted by molar-refractivity contribution is 5.49. The van der Waals surface area contributed by atoms with Crippen molar-refractivity contribution in [2.45, 2.75) is 45.3 Å². The van der Waals surface area contributed by atoms with Gasteiger partial charge in [-0.3, -0.25) is 0 Å². The van der Waals surface area contributed by atoms with E-state index < -0.39 is 0 Å². The molecule has 0 saturated heterocycles. The fraction of sp³-hybridized carbons (Fsp3) is 0.474. The zero-order chi connectivity index (χ0) is 14.6. The Morgan fingerprint density at radius 1 is 1.10 bits per heavy atom. The van der Waals surface area contributed by atoms with Crippen LogP contribution in [-0.4, -0.2) is 11.7 Å². The Kier molecular flexibility index (Phi) is 4.82. The molecule has 2 rings (SSSR count). The molecule has 0 radical (unpaired) electrons. The number of benzene rings is 1. The van der Waals surface area contributed by atoms with Gasteiger partial charge >= 0.3 is 0 Å². The zero-order valence-electron chi connectivity index (χ0n) is 12.9. The summed E-state index contributed by atoms with van der Waals surface area (Å²) in [6.45, 7) is 10.4. The van der Waals surface area contributed by atoms with Gasteiger partial charge in [-0.05, 0) is 39.2 Å². The quantitative estimate of drug-likeness (QED) is 0.692. The standard InChI is InChI=1S/C19H26O/c1-5-16-13-14-17(18(16)20-19(2,3)4)12-11-15-9-7-6-8-10-15/h5-12,16-18H,1,13-14H2,2-4H3/b12-11+/t16-,17+,18-/m0/s1. The molecule has 0 N–H and O–H groups in total. The minimum Gasteiger partial charge on any atom is -0.371 e. The summed E-state index contributed by atoms with van der Waals surface area (Å²) in [5.74, 6) is 0.956. The summed E-state index contributed by atoms with van der Waals surface area (Å²) in [4.78, 5) is 0. The van der Waals surface area contributed by atoms with Gasteiger partial charge in [0.05, 0.1) is 11.7 Å². The maximum atomic E-state index is 6.28. The molecule has 0 spiro atoms. The van der Waals surface area contributed by atoms with E-state index in [1.54, 1.807) is 0 Å². The molecule has 1 aliphatic rings. The summed E-state index contributed by atoms with van der Waals surface area (Å²) < 4.78 is 6.28. The van der Waals surface area contributed by atoms with Crippen molar-refractivity contribution in [2.75, 3.05) is 0 Å². The largest absolute Gasteiger partial charge is 0.371 e. The second-order valence-electron chi connectivity index (χ2n) is 6.61. The molecular weight excluding hydrogens is 244 g/mol. The van der Waals surface area contributed by atoms with Crippen LogP contribution >= 0.6 is 0 Å². The van der Waals surface area contributed by atoms with Crippen LogP contribution in [0, 0.1) is 11.8 Å². The lowest BCUT2D eigenvalue weighted by Gasteiger charge is -2.30. The van der Waals surface area contributed by atoms with Gasteiger partial charge in [-0.1, -0.05) is 48.6 Å². The molecule has 3 atom stereocenters. The number of ether oxygens (including phenoxy) is 1. The first-order valence-electron chi connectivity index (χ1n) is 7.53. The van der Waals surface area contributed by atoms with Crippen molar-refractivity contribution in [3.8, 4) is 0 Å². The van der Waals surface area contributed by atoms with Crippen molar-refractivity contribution in [2.24, 2.45) is 11.8 Å². The van der Waals surface area contributed by atoms with Crippen LogP contribution in [-0.2, 0) is 4.74 Å². The van der Waals surface area contributed by atoms with E-state index in [0.717, 1.165) is 0 Å². The Morgan fingerprint density at radius 3 is 2.35 bits per heavy atom. The predicted molar refractivity (Wildman–Crippen MR) is 86.5 cm³/mol. The van der Waals surface area contributed by atoms with Crippen LogP contribution in [0.1, 0.15) is 39.2 Å². The molecule has 0 amide bonds. The third-order valence-electron chi connectivity index (χ3n) is 3.81. The van der Waals surface area contributed by atoms with Gasteiger partial charge in [0.2, 0.25) is 0 Å². The van der Waals surface area contributed by atoms with E-state index in [9.17, 15) is 0 Å². The van der Waals surface area contributed by atoms with Crippen LogP contribution in [0.5, 0.6) is 0 Å². The van der Waals surface area contributed by atoms with Crippen molar-refractivity contribution in [3.05, 3.63) is 54.6 Å². The van der Waals surface area contributed by atoms with Gasteiger partial charge in [0.25, 0.3) is 0 Å². The highest BCUT2D eigenvalue weighted by Gasteiger charge is 2.36. The van der Waals surface area contributed by atoms with E-state index >= 15 is 0 Å². The van der Waals surface area contributed by atoms with E-state index in [0.29, 0.717) is 11.8 Å². The molecule has 0 heterocycles. The van der Waals surface area contributed by atoms with Crippen LogP contribution in [0.15, 0.2) is 49.1 Å². The van der Waals surface area contributed by atoms with Gasteiger partial charge in [-0.25, -0.2) is 0 Å². The molecule has 1 aromatic rings. The lowest BCUT2D eigenvalue weighted by Crippen LogP contribution is -2.32. The molecule has 1 heteroatoms. The lowest BCUT2D eigenvalue weighted by molar-refractivity contribution is -0.0798. The number of rotatable bonds is 4. The Morgan fingerprint density at radius 2 is 1.75 bits per heavy atom. The summed E-state index contributed by atoms with van der Waals surface area (Å²) in [5, 5.41) is 0. The Balaban J connectivity index is 2.09. The second-order valence-corrected chi connectivity index (χ2v) is 6.61. The molecule has 20 heavy (non-hydrogen) atoms. The van der Waals surface area contributed by atoms with Gasteiger partial charge in [0.1, 0.15) is 0 Å². The van der Waals surface area contributed by atoms with Crippen LogP contribution in [0.2, 0.25) is 0 Å². The molecule has 1 fully saturated rings. The molecule has 0 bridgehead atoms. The number of hydrogen-bond donors (Lipinski definition) is 0. The molecule has 1 nitrogen and oxygen atoms in total. The molecule has 1 aromatic carbocycles. The van der Waals surface area contributed by atoms with E-state index in [1.165, 1.54) is 18.4 Å². The molecule has 1 aliphatic carbocycles. The highest BCUT2D eigenvalue weighted by atomic mass is 16.5. The van der Waals surface area contributed by atoms with Crippen LogP contribution in [0.4, 0.5) is 0 Å². The summed E-state index contributed by atoms with van der Waals surface area (Å²) in [5.41, 5.74) is 1.15. The second kappa shape index (κ2) is 6.41. The highest BCUT2D eigenvalue weighted by Crippen LogP contribution is 2.37. The first kappa shape index (κ1) is 15.1. The Hall–Kier alpha value is -1.34. The summed E-state index contributed by atoms with van der Waals surface area (Å²) >= 11 is 0. The van der Waals surface area contributed by atoms with Crippen LogP contribution in [0.3, 0.4) is 0 Å². The molecule has 0 aliphatic heterocycles. The first-order chi connectivity index (χ1) is 9.49. The fourth-order valence-corrected chi connectivity index (χ4v) is 2.87. The van der Waals surface area contributed by atoms with E-state index in [4.69, 9.17) is 4.74 Å². The molecular formula is C19H26O. The van der Waals surface area contributed by atoms with Crippen molar-refractivity contribution in [3.63, 3.8) is 0 Å². The first-order valence-corrected chi connectivity index (χ1v) is 7.53. The minimum absolute atomic E-state index is 0.102. The SMILES string of the molecule is C=C[C@H]1CC[C@@H](/C=C/c2ccccc2)[C@H]1OC(C)(C)C. The lowest BCUT2D eigenvalue weighted by atomic mass is 9.98. The van der Waals surface area contributed by atoms with Gasteiger partial charge in [0.15, 0.2) is 0 Å². The van der Waals surface area contributed by atoms with Gasteiger partial charge in [-0.2, -0.15) is 0 Å². The molecule has 108 valence electrons. The van der Waals surface area contributed by atoms with Crippen LogP contribution in [0.25, 0.3) is 6.08 Å². The third-order valence-corrected chi connectivity index (χ3v) is 3.81. The Bertz CT molecular complexity index is 452. The van der Waals surface area contributed by atoms with Crippen LogP contribution < -0.4 is 0 Å². The van der Waals surface area contributed by atoms with Crippen molar-refractivity contribution in [1.29, 1.82) is 0 Å². The normalized spacial score (nSPS) is 27.1. The molecule has 0 aromatic heterocycles. The van der Waals surface area contributed by atoms with Crippen molar-refractivity contribution >= 4 is 6.08 Å². The van der Waals surface area contributed by atoms with E-state index in [1.807, 2.05) is 6.07 Å². The van der Waals surface area contributed by atoms with E-state index in [2.05, 4.69) is 69.8 Å². The monoisotopic (exact) mass is 270 g/mol. The minimum atomic E-state index is -0.102. The summed E-state index contributed by atoms with van der Waals surface area (Å²) in [6.07, 6.45) is 9.21. The maximum Gasteiger partial charge on any atom is 0.0707 e. The predicted octanol–water partition coefficient (Wildman–Crippen LogP) is 5.10. The molecule has 1 saturated carbocycles. The Labute approximate surface area is 123 Å². The van der Waals surface area contributed by atoms with Gasteiger partial charge in [0, 0.05) is 11.8 Å². The van der Waals surface area contributed by atoms with Gasteiger partial charge in [-0.15, -0.1) is 6.58 Å². The van der Waals surface area contributed by atoms with Crippen molar-refractivity contribution in [1.82, 2.24) is 0 Å². The fourth-order valence-electron chi connectivity index (χ4n) is 2.87. The average Bonchev–Trinajstić information content (AvgIpc) is 2.77.